The van der Waals surface area contributed by atoms with Crippen molar-refractivity contribution in [3.63, 3.8) is 0 Å². The summed E-state index contributed by atoms with van der Waals surface area (Å²) in [7, 11) is 43.3. The number of nitrogen functional groups attached to an aromatic ring is 1. The average Bonchev–Trinajstić information content (AvgIpc) is 0.835. The van der Waals surface area contributed by atoms with Gasteiger partial charge in [-0.05, 0) is 230 Å². The van der Waals surface area contributed by atoms with Crippen molar-refractivity contribution in [3.8, 4) is 11.5 Å². The van der Waals surface area contributed by atoms with E-state index in [-0.39, 0.29) is 16.8 Å². The zero-order valence-electron chi connectivity index (χ0n) is 58.9. The Labute approximate surface area is 629 Å². The number of ether oxygens (including phenoxy) is 2. The Hall–Kier alpha value is -6.03. The largest absolute Gasteiger partial charge is 0.687 e. The van der Waals surface area contributed by atoms with Gasteiger partial charge >= 0.3 is 0 Å². The molecule has 0 atom stereocenters. The summed E-state index contributed by atoms with van der Waals surface area (Å²) in [6.45, 7) is 8.61. The number of rotatable bonds is 24. The normalized spacial score (nSPS) is 13.5. The van der Waals surface area contributed by atoms with Gasteiger partial charge in [0.05, 0.1) is 68.1 Å². The fourth-order valence-corrected chi connectivity index (χ4v) is 14.4. The molecule has 4 aromatic carbocycles. The Balaban J connectivity index is 0.000000211. The van der Waals surface area contributed by atoms with E-state index >= 15 is 0 Å². The first-order valence-electron chi connectivity index (χ1n) is 32.9. The molecule has 0 aliphatic carbocycles. The number of anilines is 9. The summed E-state index contributed by atoms with van der Waals surface area (Å²) in [5.74, 6) is 2.37. The van der Waals surface area contributed by atoms with Gasteiger partial charge in [0.15, 0.2) is 19.7 Å². The molecule has 39 heteroatoms. The predicted molar refractivity (Wildman–Crippen MR) is 436 cm³/mol. The van der Waals surface area contributed by atoms with Crippen LogP contribution in [0.3, 0.4) is 0 Å². The van der Waals surface area contributed by atoms with E-state index in [4.69, 9.17) is 86.0 Å². The number of nitrogens with two attached hydrogens (primary N) is 1. The van der Waals surface area contributed by atoms with Crippen LogP contribution in [-0.4, -0.2) is 246 Å². The molecule has 2 fully saturated rings. The van der Waals surface area contributed by atoms with Gasteiger partial charge in [0.25, 0.3) is 0 Å². The Morgan fingerprint density at radius 2 is 1.04 bits per heavy atom. The SMILES string of the molecule is CCCc1cc(N)c(OC)cc1N1CCC(N(C)C)CC1.CCCc1cc(Nc2ncc(Br)c(Nc3ccc4nccnc4c3CS(C)(=O)=O)n2)c(OC)cc1N1CCC(N(C)C)CC1.CS(=O)(=O)Cc1c(Nc2nc(Cl)ncc2Br)ccc2nccnc12.[B]B([B])B(B([B])[B])B([B])B([B])[B-]. The zero-order valence-corrected chi connectivity index (χ0v) is 64.5. The molecule has 4 aromatic heterocycles. The van der Waals surface area contributed by atoms with Crippen LogP contribution in [-0.2, 0) is 44.0 Å². The third-order valence-electron chi connectivity index (χ3n) is 17.2. The van der Waals surface area contributed by atoms with Crippen molar-refractivity contribution in [1.82, 2.24) is 49.7 Å². The van der Waals surface area contributed by atoms with Crippen LogP contribution in [0.1, 0.15) is 74.6 Å². The second kappa shape index (κ2) is 38.1. The van der Waals surface area contributed by atoms with E-state index in [1.165, 1.54) is 60.2 Å². The minimum atomic E-state index is -3.36. The summed E-state index contributed by atoms with van der Waals surface area (Å²) in [6.07, 6.45) is 17.3. The number of aryl methyl sites for hydroxylation is 2. The molecule has 2 aliphatic rings. The van der Waals surface area contributed by atoms with Gasteiger partial charge in [-0.1, -0.05) is 26.7 Å². The maximum absolute atomic E-state index is 12.3. The number of piperidine rings is 2. The van der Waals surface area contributed by atoms with Crippen LogP contribution < -0.4 is 41.0 Å². The molecule has 101 heavy (non-hydrogen) atoms. The van der Waals surface area contributed by atoms with E-state index in [1.54, 1.807) is 63.3 Å². The highest BCUT2D eigenvalue weighted by Crippen LogP contribution is 2.40. The zero-order chi connectivity index (χ0) is 74.0. The van der Waals surface area contributed by atoms with Gasteiger partial charge in [0.1, 0.15) is 23.1 Å². The minimum Gasteiger partial charge on any atom is -0.687 e. The van der Waals surface area contributed by atoms with E-state index in [0.717, 1.165) is 81.8 Å². The van der Waals surface area contributed by atoms with Crippen molar-refractivity contribution < 1.29 is 26.3 Å². The van der Waals surface area contributed by atoms with Crippen LogP contribution in [0.4, 0.5) is 51.7 Å². The molecular formula is C62H79B12Br2ClN16O6S2-. The third kappa shape index (κ3) is 23.5. The lowest BCUT2D eigenvalue weighted by Gasteiger charge is -2.37. The van der Waals surface area contributed by atoms with Crippen LogP contribution in [0.2, 0.25) is 5.28 Å². The molecule has 10 rings (SSSR count). The first kappa shape index (κ1) is 82.3. The van der Waals surface area contributed by atoms with Gasteiger partial charge in [0, 0.05) is 134 Å². The summed E-state index contributed by atoms with van der Waals surface area (Å²) in [6, 6.07) is 16.9. The molecule has 0 amide bonds. The second-order valence-electron chi connectivity index (χ2n) is 25.4. The molecule has 2 saturated heterocycles. The van der Waals surface area contributed by atoms with Gasteiger partial charge in [-0.2, -0.15) is 9.97 Å². The van der Waals surface area contributed by atoms with Crippen molar-refractivity contribution >= 4 is 223 Å². The van der Waals surface area contributed by atoms with Crippen LogP contribution in [0.5, 0.6) is 11.5 Å². The number of hydrogen-bond donors (Lipinski definition) is 4. The average molecular weight is 1530 g/mol. The summed E-state index contributed by atoms with van der Waals surface area (Å²) in [5.41, 5.74) is 17.1. The minimum absolute atomic E-state index is 0.0749. The van der Waals surface area contributed by atoms with E-state index < -0.39 is 51.6 Å². The number of methoxy groups -OCH3 is 2. The molecule has 8 aromatic rings. The molecule has 0 unspecified atom stereocenters. The van der Waals surface area contributed by atoms with Gasteiger partial charge in [0.2, 0.25) is 11.2 Å². The van der Waals surface area contributed by atoms with Gasteiger partial charge in [-0.15, -0.1) is 0 Å². The number of fused-ring (bicyclic) bond motifs is 2. The molecule has 0 bridgehead atoms. The molecule has 513 valence electrons. The first-order chi connectivity index (χ1) is 47.8. The quantitative estimate of drug-likeness (QED) is 0.0269. The molecule has 15 radical (unpaired) electrons. The fraction of sp³-hybridized carbons (Fsp3) is 0.419. The molecule has 5 N–H and O–H groups in total. The number of sulfone groups is 2. The van der Waals surface area contributed by atoms with E-state index in [9.17, 15) is 16.8 Å². The Bertz CT molecular complexity index is 4310. The number of aromatic nitrogens is 8. The molecule has 0 saturated carbocycles. The van der Waals surface area contributed by atoms with Crippen molar-refractivity contribution in [2.75, 3.05) is 113 Å². The summed E-state index contributed by atoms with van der Waals surface area (Å²) in [4.78, 5) is 44.0. The lowest BCUT2D eigenvalue weighted by molar-refractivity contribution is 0.249. The monoisotopic (exact) mass is 1530 g/mol. The number of halogens is 3. The predicted octanol–water partition coefficient (Wildman–Crippen LogP) is 7.02. The van der Waals surface area contributed by atoms with Crippen molar-refractivity contribution in [2.45, 2.75) is 88.8 Å². The highest BCUT2D eigenvalue weighted by atomic mass is 79.9. The fourth-order valence-electron chi connectivity index (χ4n) is 12.1. The Morgan fingerprint density at radius 1 is 0.614 bits per heavy atom. The Morgan fingerprint density at radius 3 is 1.45 bits per heavy atom. The van der Waals surface area contributed by atoms with Crippen LogP contribution in [0, 0.1) is 0 Å². The number of nitrogens with one attached hydrogen (secondary N) is 3. The number of benzene rings is 4. The van der Waals surface area contributed by atoms with Gasteiger partial charge in [-0.25, -0.2) is 33.2 Å². The summed E-state index contributed by atoms with van der Waals surface area (Å²) < 4.78 is 60.8. The van der Waals surface area contributed by atoms with Crippen LogP contribution in [0.25, 0.3) is 22.1 Å². The first-order valence-corrected chi connectivity index (χ1v) is 39.0. The standard InChI is InChI=1S/C31H39BrN8O3S.C17H29N3O.C14H11BrClN5O2S.B12/c1-6-7-20-16-26(28(43-4)17-27(20)40-14-10-21(11-15-40)39(2)3)37-31-35-18-23(32)30(38-31)36-24-8-9-25-29(34-13-12-33-25)22(24)19-44(5,41)42;1-5-6-13-11-15(18)17(21-4)12-16(13)20-9-7-14(8-10-20)19(2)3;1-24(22,23)7-8-10(2-3-11-12(8)18-5-4-17-11)20-13-9(15)6-19-14(16)21-13;1-8(2)11(7)12(9(3)4)10(5)6/h8-9,12-13,16-18,21H,6-7,10-11,14-15,19H2,1-5H3,(H2,35,36,37,38);11-12,14H,5-10,18H2,1-4H3;2-6H,7H2,1H3,(H,19,20,21);/q;;;-1. The van der Waals surface area contributed by atoms with Gasteiger partial charge in [-0.3, -0.25) is 19.9 Å². The lowest BCUT2D eigenvalue weighted by Crippen LogP contribution is -2.67. The number of nitrogens with zero attached hydrogens (tertiary/aromatic N) is 12. The molecule has 6 heterocycles. The maximum atomic E-state index is 12.3. The summed E-state index contributed by atoms with van der Waals surface area (Å²) in [5, 5.41) is 9.81. The van der Waals surface area contributed by atoms with Crippen LogP contribution in [0.15, 0.2) is 94.7 Å². The van der Waals surface area contributed by atoms with E-state index in [0.29, 0.717) is 88.9 Å². The smallest absolute Gasteiger partial charge is 0.229 e. The van der Waals surface area contributed by atoms with E-state index in [2.05, 4.69) is 169 Å². The molecular weight excluding hydrogens is 1450 g/mol. The lowest BCUT2D eigenvalue weighted by atomic mass is 8.53. The molecule has 22 nitrogen and oxygen atoms in total. The van der Waals surface area contributed by atoms with Crippen molar-refractivity contribution in [2.24, 2.45) is 0 Å². The Kier molecular flexibility index (Phi) is 31.0. The van der Waals surface area contributed by atoms with Crippen molar-refractivity contribution in [3.05, 3.63) is 122 Å². The second-order valence-corrected chi connectivity index (χ2v) is 31.8. The van der Waals surface area contributed by atoms with Crippen molar-refractivity contribution in [1.29, 1.82) is 0 Å². The highest BCUT2D eigenvalue weighted by Gasteiger charge is 2.29. The number of hydrogen-bond acceptors (Lipinski definition) is 22. The maximum Gasteiger partial charge on any atom is 0.229 e. The molecule has 2 aliphatic heterocycles. The van der Waals surface area contributed by atoms with E-state index in [1.807, 2.05) is 0 Å². The topological polar surface area (TPSA) is 265 Å². The molecule has 0 spiro atoms. The third-order valence-corrected chi connectivity index (χ3v) is 20.2. The summed E-state index contributed by atoms with van der Waals surface area (Å²) >= 11 is 12.7. The van der Waals surface area contributed by atoms with Gasteiger partial charge < -0.3 is 58.5 Å². The van der Waals surface area contributed by atoms with Crippen LogP contribution >= 0.6 is 43.5 Å². The highest BCUT2D eigenvalue weighted by molar-refractivity contribution is 9.11.